The van der Waals surface area contributed by atoms with Crippen LogP contribution in [-0.4, -0.2) is 29.2 Å². The summed E-state index contributed by atoms with van der Waals surface area (Å²) in [5.74, 6) is 3.93. The monoisotopic (exact) mass is 509 g/mol. The van der Waals surface area contributed by atoms with Gasteiger partial charge in [-0.1, -0.05) is 50.5 Å². The molecule has 0 saturated heterocycles. The highest BCUT2D eigenvalue weighted by molar-refractivity contribution is 7.99. The first-order valence-electron chi connectivity index (χ1n) is 14.5. The largest absolute Gasteiger partial charge is 0.483 e. The number of nitrogens with zero attached hydrogens (tertiary/aromatic N) is 1. The van der Waals surface area contributed by atoms with Gasteiger partial charge in [-0.2, -0.15) is 0 Å². The predicted molar refractivity (Wildman–Crippen MR) is 160 cm³/mol. The Bertz CT molecular complexity index is 930. The van der Waals surface area contributed by atoms with Crippen LogP contribution in [0.4, 0.5) is 0 Å². The fraction of sp³-hybridized carbons (Fsp3) is 0.636. The molecule has 1 aromatic rings. The summed E-state index contributed by atoms with van der Waals surface area (Å²) in [6.07, 6.45) is 15.8. The van der Waals surface area contributed by atoms with E-state index in [1.807, 2.05) is 11.8 Å². The van der Waals surface area contributed by atoms with Crippen molar-refractivity contribution in [3.63, 3.8) is 0 Å². The van der Waals surface area contributed by atoms with E-state index in [9.17, 15) is 0 Å². The molecule has 1 aromatic carbocycles. The Morgan fingerprint density at radius 1 is 1.14 bits per heavy atom. The minimum absolute atomic E-state index is 0.494. The van der Waals surface area contributed by atoms with Crippen LogP contribution in [0.5, 0.6) is 5.75 Å². The van der Waals surface area contributed by atoms with Crippen LogP contribution in [-0.2, 0) is 6.42 Å². The highest BCUT2D eigenvalue weighted by Gasteiger charge is 2.28. The highest BCUT2D eigenvalue weighted by Crippen LogP contribution is 2.40. The molecular weight excluding hydrogens is 458 g/mol. The van der Waals surface area contributed by atoms with Crippen molar-refractivity contribution in [3.8, 4) is 5.75 Å². The lowest BCUT2D eigenvalue weighted by atomic mass is 9.83. The zero-order chi connectivity index (χ0) is 26.1. The minimum Gasteiger partial charge on any atom is -0.483 e. The van der Waals surface area contributed by atoms with Crippen molar-refractivity contribution in [2.75, 3.05) is 18.2 Å². The molecule has 0 aromatic heterocycles. The topological polar surface area (TPSA) is 12.5 Å². The van der Waals surface area contributed by atoms with E-state index in [-0.39, 0.29) is 0 Å². The zero-order valence-corrected chi connectivity index (χ0v) is 24.8. The molecule has 3 unspecified atom stereocenters. The van der Waals surface area contributed by atoms with E-state index < -0.39 is 0 Å². The molecular formula is C33H51NOS. The lowest BCUT2D eigenvalue weighted by Crippen LogP contribution is -2.41. The Kier molecular flexibility index (Phi) is 11.5. The second-order valence-corrected chi connectivity index (χ2v) is 12.0. The van der Waals surface area contributed by atoms with Crippen LogP contribution >= 0.6 is 11.8 Å². The Morgan fingerprint density at radius 3 is 2.64 bits per heavy atom. The molecule has 0 N–H and O–H groups in total. The highest BCUT2D eigenvalue weighted by atomic mass is 32.2. The van der Waals surface area contributed by atoms with Crippen molar-refractivity contribution in [2.24, 2.45) is 5.92 Å². The fourth-order valence-electron chi connectivity index (χ4n) is 6.23. The Morgan fingerprint density at radius 2 is 1.94 bits per heavy atom. The molecule has 3 atom stereocenters. The summed E-state index contributed by atoms with van der Waals surface area (Å²) in [5, 5.41) is 0. The SMILES string of the molecule is C=CC(C)C1CCC(CSCOc2cc(CCCCC)cc(C)c2C2C=C(C)CCC2)=C(C)N1CC. The molecule has 2 aliphatic rings. The third kappa shape index (κ3) is 7.46. The molecule has 1 aliphatic heterocycles. The maximum atomic E-state index is 6.59. The molecule has 0 fully saturated rings. The van der Waals surface area contributed by atoms with Crippen LogP contribution in [0.15, 0.2) is 47.7 Å². The summed E-state index contributed by atoms with van der Waals surface area (Å²) < 4.78 is 6.59. The van der Waals surface area contributed by atoms with E-state index in [1.165, 1.54) is 79.3 Å². The lowest BCUT2D eigenvalue weighted by Gasteiger charge is -2.41. The van der Waals surface area contributed by atoms with Crippen LogP contribution < -0.4 is 4.74 Å². The number of aryl methyl sites for hydroxylation is 2. The Balaban J connectivity index is 1.71. The molecule has 2 nitrogen and oxygen atoms in total. The minimum atomic E-state index is 0.494. The van der Waals surface area contributed by atoms with Gasteiger partial charge in [0, 0.05) is 35.5 Å². The summed E-state index contributed by atoms with van der Waals surface area (Å²) >= 11 is 1.93. The van der Waals surface area contributed by atoms with Crippen molar-refractivity contribution in [3.05, 3.63) is 64.4 Å². The van der Waals surface area contributed by atoms with Gasteiger partial charge in [0.25, 0.3) is 0 Å². The van der Waals surface area contributed by atoms with Gasteiger partial charge >= 0.3 is 0 Å². The predicted octanol–water partition coefficient (Wildman–Crippen LogP) is 9.59. The molecule has 0 bridgehead atoms. The Hall–Kier alpha value is -1.61. The van der Waals surface area contributed by atoms with Gasteiger partial charge in [-0.05, 0) is 101 Å². The van der Waals surface area contributed by atoms with Gasteiger partial charge in [0.05, 0.1) is 0 Å². The third-order valence-electron chi connectivity index (χ3n) is 8.40. The van der Waals surface area contributed by atoms with Gasteiger partial charge in [0.2, 0.25) is 0 Å². The van der Waals surface area contributed by atoms with E-state index in [2.05, 4.69) is 77.3 Å². The summed E-state index contributed by atoms with van der Waals surface area (Å²) in [4.78, 5) is 2.60. The van der Waals surface area contributed by atoms with E-state index in [1.54, 1.807) is 5.57 Å². The molecule has 0 radical (unpaired) electrons. The number of ether oxygens (including phenoxy) is 1. The maximum Gasteiger partial charge on any atom is 0.134 e. The average molecular weight is 510 g/mol. The number of thioether (sulfide) groups is 1. The fourth-order valence-corrected chi connectivity index (χ4v) is 7.12. The van der Waals surface area contributed by atoms with Gasteiger partial charge in [0.15, 0.2) is 0 Å². The normalized spacial score (nSPS) is 21.4. The smallest absolute Gasteiger partial charge is 0.134 e. The number of rotatable bonds is 13. The van der Waals surface area contributed by atoms with Gasteiger partial charge in [-0.15, -0.1) is 18.3 Å². The number of hydrogen-bond acceptors (Lipinski definition) is 3. The van der Waals surface area contributed by atoms with Gasteiger partial charge in [-0.3, -0.25) is 0 Å². The molecule has 0 spiro atoms. The standard InChI is InChI=1S/C33H51NOS/c1-8-11-12-15-28-20-26(6)33(29-16-13-14-24(4)19-29)32(21-28)35-23-36-22-30-17-18-31(25(5)9-2)34(10-3)27(30)7/h9,19-21,25,29,31H,2,8,10-18,22-23H2,1,3-7H3. The van der Waals surface area contributed by atoms with Gasteiger partial charge < -0.3 is 9.64 Å². The van der Waals surface area contributed by atoms with Crippen molar-refractivity contribution < 1.29 is 4.74 Å². The second-order valence-electron chi connectivity index (χ2n) is 11.1. The summed E-state index contributed by atoms with van der Waals surface area (Å²) in [7, 11) is 0. The molecule has 1 heterocycles. The molecule has 1 aliphatic carbocycles. The second kappa shape index (κ2) is 14.4. The molecule has 200 valence electrons. The van der Waals surface area contributed by atoms with Crippen LogP contribution in [0.3, 0.4) is 0 Å². The van der Waals surface area contributed by atoms with Crippen molar-refractivity contribution >= 4 is 11.8 Å². The first kappa shape index (κ1) is 29.0. The first-order chi connectivity index (χ1) is 17.4. The first-order valence-corrected chi connectivity index (χ1v) is 15.6. The van der Waals surface area contributed by atoms with Crippen LogP contribution in [0.1, 0.15) is 109 Å². The maximum absolute atomic E-state index is 6.59. The number of unbranched alkanes of at least 4 members (excludes halogenated alkanes) is 2. The molecule has 0 saturated carbocycles. The summed E-state index contributed by atoms with van der Waals surface area (Å²) in [6.45, 7) is 18.9. The Labute approximate surface area is 226 Å². The number of benzene rings is 1. The molecule has 0 amide bonds. The van der Waals surface area contributed by atoms with E-state index in [0.29, 0.717) is 17.9 Å². The van der Waals surface area contributed by atoms with Gasteiger partial charge in [-0.25, -0.2) is 0 Å². The van der Waals surface area contributed by atoms with E-state index in [0.717, 1.165) is 30.4 Å². The molecule has 36 heavy (non-hydrogen) atoms. The number of allylic oxidation sites excluding steroid dienone is 3. The third-order valence-corrected chi connectivity index (χ3v) is 9.24. The van der Waals surface area contributed by atoms with Crippen molar-refractivity contribution in [2.45, 2.75) is 111 Å². The average Bonchev–Trinajstić information content (AvgIpc) is 2.86. The lowest BCUT2D eigenvalue weighted by molar-refractivity contribution is 0.194. The van der Waals surface area contributed by atoms with Crippen molar-refractivity contribution in [1.29, 1.82) is 0 Å². The molecule has 3 rings (SSSR count). The number of hydrogen-bond donors (Lipinski definition) is 0. The van der Waals surface area contributed by atoms with E-state index >= 15 is 0 Å². The van der Waals surface area contributed by atoms with Crippen molar-refractivity contribution in [1.82, 2.24) is 4.90 Å². The summed E-state index contributed by atoms with van der Waals surface area (Å²) in [6, 6.07) is 5.38. The zero-order valence-electron chi connectivity index (χ0n) is 24.0. The van der Waals surface area contributed by atoms with Crippen LogP contribution in [0.2, 0.25) is 0 Å². The molecule has 3 heteroatoms. The van der Waals surface area contributed by atoms with E-state index in [4.69, 9.17) is 4.74 Å². The van der Waals surface area contributed by atoms with Crippen LogP contribution in [0.25, 0.3) is 0 Å². The van der Waals surface area contributed by atoms with Crippen LogP contribution in [0, 0.1) is 12.8 Å². The van der Waals surface area contributed by atoms with Gasteiger partial charge in [0.1, 0.15) is 11.7 Å². The summed E-state index contributed by atoms with van der Waals surface area (Å²) in [5.41, 5.74) is 8.88. The quantitative estimate of drug-likeness (QED) is 0.149.